The molecule has 3 rings (SSSR count). The minimum atomic E-state index is 0.243. The predicted octanol–water partition coefficient (Wildman–Crippen LogP) is 4.61. The zero-order chi connectivity index (χ0) is 14.8. The lowest BCUT2D eigenvalue weighted by Gasteiger charge is -2.07. The average Bonchev–Trinajstić information content (AvgIpc) is 2.85. The van der Waals surface area contributed by atoms with Crippen molar-refractivity contribution in [1.29, 1.82) is 0 Å². The summed E-state index contributed by atoms with van der Waals surface area (Å²) in [6.07, 6.45) is 0. The number of nitrogens with zero attached hydrogens (tertiary/aromatic N) is 3. The second-order valence-electron chi connectivity index (χ2n) is 4.62. The van der Waals surface area contributed by atoms with Crippen LogP contribution in [-0.4, -0.2) is 15.0 Å². The summed E-state index contributed by atoms with van der Waals surface area (Å²) in [7, 11) is 0. The molecule has 2 heterocycles. The van der Waals surface area contributed by atoms with E-state index in [2.05, 4.69) is 25.6 Å². The summed E-state index contributed by atoms with van der Waals surface area (Å²) in [5, 5.41) is 6.59. The molecule has 1 N–H and O–H groups in total. The SMILES string of the molecule is Cc1cc(Nc2ccc(-c3csc(C)n3)cc2)nc(Cl)n1. The first-order valence-corrected chi connectivity index (χ1v) is 7.67. The fourth-order valence-corrected chi connectivity index (χ4v) is 2.81. The standard InChI is InChI=1S/C15H13ClN4S/c1-9-7-14(20-15(16)17-9)19-12-5-3-11(4-6-12)13-8-21-10(2)18-13/h3-8H,1-2H3,(H,17,19,20). The van der Waals surface area contributed by atoms with Gasteiger partial charge in [0.25, 0.3) is 0 Å². The molecule has 0 saturated carbocycles. The van der Waals surface area contributed by atoms with Gasteiger partial charge in [0, 0.05) is 28.4 Å². The number of rotatable bonds is 3. The van der Waals surface area contributed by atoms with E-state index in [1.54, 1.807) is 11.3 Å². The minimum Gasteiger partial charge on any atom is -0.340 e. The van der Waals surface area contributed by atoms with E-state index in [4.69, 9.17) is 11.6 Å². The second-order valence-corrected chi connectivity index (χ2v) is 6.02. The van der Waals surface area contributed by atoms with Gasteiger partial charge >= 0.3 is 0 Å². The summed E-state index contributed by atoms with van der Waals surface area (Å²) < 4.78 is 0. The van der Waals surface area contributed by atoms with Crippen molar-refractivity contribution in [2.24, 2.45) is 0 Å². The van der Waals surface area contributed by atoms with Crippen LogP contribution >= 0.6 is 22.9 Å². The van der Waals surface area contributed by atoms with Crippen LogP contribution in [0.3, 0.4) is 0 Å². The highest BCUT2D eigenvalue weighted by Crippen LogP contribution is 2.24. The molecular weight excluding hydrogens is 304 g/mol. The maximum atomic E-state index is 5.85. The number of aromatic nitrogens is 3. The Morgan fingerprint density at radius 3 is 2.43 bits per heavy atom. The highest BCUT2D eigenvalue weighted by molar-refractivity contribution is 7.09. The number of benzene rings is 1. The van der Waals surface area contributed by atoms with Crippen molar-refractivity contribution in [3.63, 3.8) is 0 Å². The van der Waals surface area contributed by atoms with Gasteiger partial charge in [-0.1, -0.05) is 12.1 Å². The first-order valence-electron chi connectivity index (χ1n) is 6.41. The van der Waals surface area contributed by atoms with Crippen LogP contribution in [0.2, 0.25) is 5.28 Å². The Balaban J connectivity index is 1.81. The first kappa shape index (κ1) is 14.0. The number of aryl methyl sites for hydroxylation is 2. The molecule has 4 nitrogen and oxygen atoms in total. The van der Waals surface area contributed by atoms with E-state index in [1.165, 1.54) is 0 Å². The molecule has 0 aliphatic heterocycles. The van der Waals surface area contributed by atoms with Gasteiger partial charge in [0.1, 0.15) is 5.82 Å². The van der Waals surface area contributed by atoms with Gasteiger partial charge in [-0.15, -0.1) is 11.3 Å². The molecule has 0 saturated heterocycles. The van der Waals surface area contributed by atoms with E-state index >= 15 is 0 Å². The van der Waals surface area contributed by atoms with Crippen molar-refractivity contribution >= 4 is 34.4 Å². The molecule has 1 aromatic carbocycles. The first-order chi connectivity index (χ1) is 10.1. The van der Waals surface area contributed by atoms with Crippen molar-refractivity contribution in [2.75, 3.05) is 5.32 Å². The molecule has 0 radical (unpaired) electrons. The van der Waals surface area contributed by atoms with E-state index in [9.17, 15) is 0 Å². The minimum absolute atomic E-state index is 0.243. The van der Waals surface area contributed by atoms with Crippen molar-refractivity contribution < 1.29 is 0 Å². The van der Waals surface area contributed by atoms with E-state index < -0.39 is 0 Å². The van der Waals surface area contributed by atoms with Gasteiger partial charge in [-0.3, -0.25) is 0 Å². The Hall–Kier alpha value is -1.98. The highest BCUT2D eigenvalue weighted by Gasteiger charge is 2.04. The lowest BCUT2D eigenvalue weighted by molar-refractivity contribution is 1.10. The largest absolute Gasteiger partial charge is 0.340 e. The lowest BCUT2D eigenvalue weighted by atomic mass is 10.1. The maximum absolute atomic E-state index is 5.85. The van der Waals surface area contributed by atoms with E-state index in [0.29, 0.717) is 5.82 Å². The second kappa shape index (κ2) is 5.79. The Morgan fingerprint density at radius 2 is 1.81 bits per heavy atom. The lowest BCUT2D eigenvalue weighted by Crippen LogP contribution is -1.96. The van der Waals surface area contributed by atoms with Crippen LogP contribution in [0.25, 0.3) is 11.3 Å². The quantitative estimate of drug-likeness (QED) is 0.717. The topological polar surface area (TPSA) is 50.7 Å². The molecule has 0 spiro atoms. The number of halogens is 1. The Labute approximate surface area is 131 Å². The Kier molecular flexibility index (Phi) is 3.86. The van der Waals surface area contributed by atoms with Crippen LogP contribution in [0.5, 0.6) is 0 Å². The number of hydrogen-bond donors (Lipinski definition) is 1. The van der Waals surface area contributed by atoms with Gasteiger partial charge in [0.05, 0.1) is 10.7 Å². The fraction of sp³-hybridized carbons (Fsp3) is 0.133. The summed E-state index contributed by atoms with van der Waals surface area (Å²) in [5.41, 5.74) is 3.87. The predicted molar refractivity (Wildman–Crippen MR) is 87.3 cm³/mol. The number of nitrogens with one attached hydrogen (secondary N) is 1. The van der Waals surface area contributed by atoms with Crippen molar-refractivity contribution in [2.45, 2.75) is 13.8 Å². The van der Waals surface area contributed by atoms with Gasteiger partial charge in [-0.2, -0.15) is 0 Å². The molecule has 6 heteroatoms. The normalized spacial score (nSPS) is 10.6. The molecular formula is C15H13ClN4S. The molecule has 0 unspecified atom stereocenters. The highest BCUT2D eigenvalue weighted by atomic mass is 35.5. The van der Waals surface area contributed by atoms with E-state index in [-0.39, 0.29) is 5.28 Å². The molecule has 106 valence electrons. The summed E-state index contributed by atoms with van der Waals surface area (Å²) >= 11 is 7.51. The third-order valence-electron chi connectivity index (χ3n) is 2.90. The molecule has 0 fully saturated rings. The molecule has 0 amide bonds. The molecule has 0 atom stereocenters. The monoisotopic (exact) mass is 316 g/mol. The van der Waals surface area contributed by atoms with Gasteiger partial charge in [-0.05, 0) is 37.6 Å². The molecule has 0 aliphatic carbocycles. The molecule has 21 heavy (non-hydrogen) atoms. The smallest absolute Gasteiger partial charge is 0.224 e. The van der Waals surface area contributed by atoms with E-state index in [1.807, 2.05) is 44.2 Å². The summed E-state index contributed by atoms with van der Waals surface area (Å²) in [6.45, 7) is 3.89. The average molecular weight is 317 g/mol. The van der Waals surface area contributed by atoms with Crippen molar-refractivity contribution in [1.82, 2.24) is 15.0 Å². The third kappa shape index (κ3) is 3.37. The fourth-order valence-electron chi connectivity index (χ4n) is 1.96. The van der Waals surface area contributed by atoms with Crippen molar-refractivity contribution in [3.05, 3.63) is 51.7 Å². The number of thiazole rings is 1. The summed E-state index contributed by atoms with van der Waals surface area (Å²) in [4.78, 5) is 12.7. The summed E-state index contributed by atoms with van der Waals surface area (Å²) in [5.74, 6) is 0.685. The van der Waals surface area contributed by atoms with Crippen LogP contribution in [0.15, 0.2) is 35.7 Å². The number of anilines is 2. The Morgan fingerprint density at radius 1 is 1.05 bits per heavy atom. The summed E-state index contributed by atoms with van der Waals surface area (Å²) in [6, 6.07) is 9.91. The third-order valence-corrected chi connectivity index (χ3v) is 3.84. The molecule has 0 aliphatic rings. The van der Waals surface area contributed by atoms with Crippen molar-refractivity contribution in [3.8, 4) is 11.3 Å². The Bertz CT molecular complexity index is 747. The van der Waals surface area contributed by atoms with Crippen LogP contribution in [0.4, 0.5) is 11.5 Å². The van der Waals surface area contributed by atoms with Gasteiger partial charge in [0.15, 0.2) is 0 Å². The van der Waals surface area contributed by atoms with Crippen LogP contribution < -0.4 is 5.32 Å². The molecule has 2 aromatic heterocycles. The zero-order valence-corrected chi connectivity index (χ0v) is 13.2. The number of hydrogen-bond acceptors (Lipinski definition) is 5. The zero-order valence-electron chi connectivity index (χ0n) is 11.6. The van der Waals surface area contributed by atoms with Crippen LogP contribution in [0, 0.1) is 13.8 Å². The molecule has 0 bridgehead atoms. The van der Waals surface area contributed by atoms with Crippen LogP contribution in [0.1, 0.15) is 10.7 Å². The van der Waals surface area contributed by atoms with Gasteiger partial charge in [-0.25, -0.2) is 15.0 Å². The van der Waals surface area contributed by atoms with E-state index in [0.717, 1.165) is 27.6 Å². The molecule has 3 aromatic rings. The maximum Gasteiger partial charge on any atom is 0.224 e. The van der Waals surface area contributed by atoms with Crippen LogP contribution in [-0.2, 0) is 0 Å². The van der Waals surface area contributed by atoms with Gasteiger partial charge in [0.2, 0.25) is 5.28 Å². The van der Waals surface area contributed by atoms with Gasteiger partial charge < -0.3 is 5.32 Å².